The van der Waals surface area contributed by atoms with E-state index in [1.54, 1.807) is 36.4 Å². The molecule has 0 amide bonds. The van der Waals surface area contributed by atoms with Crippen molar-refractivity contribution < 1.29 is 19.4 Å². The average molecular weight is 376 g/mol. The molecule has 140 valence electrons. The third-order valence-corrected chi connectivity index (χ3v) is 4.81. The fourth-order valence-electron chi connectivity index (χ4n) is 3.54. The lowest BCUT2D eigenvalue weighted by Gasteiger charge is -2.13. The molecular formula is C20H17BN2O5. The molecule has 3 N–H and O–H groups in total. The van der Waals surface area contributed by atoms with Gasteiger partial charge in [-0.2, -0.15) is 0 Å². The average Bonchev–Trinajstić information content (AvgIpc) is 3.34. The zero-order valence-electron chi connectivity index (χ0n) is 14.8. The molecule has 4 aromatic rings. The number of H-pyrrole nitrogens is 1. The summed E-state index contributed by atoms with van der Waals surface area (Å²) in [6.45, 7) is -0.310. The second-order valence-electron chi connectivity index (χ2n) is 6.54. The smallest absolute Gasteiger partial charge is 0.468 e. The Kier molecular flexibility index (Phi) is 4.73. The topological polar surface area (TPSA) is 113 Å². The number of aromatic nitrogens is 1. The molecule has 0 aliphatic heterocycles. The van der Waals surface area contributed by atoms with Gasteiger partial charge in [0.15, 0.2) is 0 Å². The molecule has 2 aromatic heterocycles. The van der Waals surface area contributed by atoms with Crippen LogP contribution in [0.15, 0.2) is 71.3 Å². The van der Waals surface area contributed by atoms with E-state index in [1.165, 1.54) is 6.26 Å². The summed E-state index contributed by atoms with van der Waals surface area (Å²) >= 11 is 0. The van der Waals surface area contributed by atoms with Crippen molar-refractivity contribution in [2.45, 2.75) is 5.92 Å². The standard InChI is InChI=1S/C20H17BN2O5/c24-21(25)14-9-7-13(8-10-14)20-19(15-4-1-2-5-17(15)22-20)16(12-23(26)27)18-6-3-11-28-18/h1-11,16,22,24-25H,12H2. The van der Waals surface area contributed by atoms with Crippen LogP contribution in [0.4, 0.5) is 0 Å². The van der Waals surface area contributed by atoms with Gasteiger partial charge in [-0.3, -0.25) is 10.1 Å². The number of nitro groups is 1. The molecule has 0 fully saturated rings. The number of fused-ring (bicyclic) bond motifs is 1. The highest BCUT2D eigenvalue weighted by Crippen LogP contribution is 2.38. The fourth-order valence-corrected chi connectivity index (χ4v) is 3.54. The van der Waals surface area contributed by atoms with Crippen molar-refractivity contribution >= 4 is 23.5 Å². The lowest BCUT2D eigenvalue weighted by atomic mass is 9.79. The van der Waals surface area contributed by atoms with Crippen LogP contribution in [0.3, 0.4) is 0 Å². The molecule has 2 heterocycles. The summed E-state index contributed by atoms with van der Waals surface area (Å²) in [7, 11) is -1.55. The van der Waals surface area contributed by atoms with E-state index in [0.717, 1.165) is 27.7 Å². The molecule has 7 nitrogen and oxygen atoms in total. The van der Waals surface area contributed by atoms with Crippen LogP contribution in [0, 0.1) is 10.1 Å². The van der Waals surface area contributed by atoms with Gasteiger partial charge in [0.05, 0.1) is 12.0 Å². The Morgan fingerprint density at radius 1 is 1.07 bits per heavy atom. The maximum atomic E-state index is 11.4. The van der Waals surface area contributed by atoms with Crippen LogP contribution in [-0.2, 0) is 0 Å². The van der Waals surface area contributed by atoms with Crippen LogP contribution in [0.5, 0.6) is 0 Å². The third-order valence-electron chi connectivity index (χ3n) is 4.81. The minimum Gasteiger partial charge on any atom is -0.468 e. The maximum absolute atomic E-state index is 11.4. The van der Waals surface area contributed by atoms with Gasteiger partial charge < -0.3 is 19.4 Å². The summed E-state index contributed by atoms with van der Waals surface area (Å²) in [4.78, 5) is 14.4. The Hall–Kier alpha value is -3.36. The van der Waals surface area contributed by atoms with E-state index >= 15 is 0 Å². The van der Waals surface area contributed by atoms with E-state index in [-0.39, 0.29) is 11.5 Å². The number of hydrogen-bond acceptors (Lipinski definition) is 5. The number of aromatic amines is 1. The second kappa shape index (κ2) is 7.34. The summed E-state index contributed by atoms with van der Waals surface area (Å²) < 4.78 is 5.53. The van der Waals surface area contributed by atoms with Crippen molar-refractivity contribution in [3.8, 4) is 11.3 Å². The Bertz CT molecular complexity index is 1100. The molecule has 0 radical (unpaired) electrons. The first-order valence-electron chi connectivity index (χ1n) is 8.77. The van der Waals surface area contributed by atoms with Gasteiger partial charge in [0, 0.05) is 21.4 Å². The molecule has 2 aromatic carbocycles. The van der Waals surface area contributed by atoms with Crippen molar-refractivity contribution in [1.82, 2.24) is 4.98 Å². The van der Waals surface area contributed by atoms with Gasteiger partial charge in [-0.15, -0.1) is 0 Å². The molecule has 0 spiro atoms. The number of nitrogens with one attached hydrogen (secondary N) is 1. The molecule has 28 heavy (non-hydrogen) atoms. The lowest BCUT2D eigenvalue weighted by molar-refractivity contribution is -0.482. The van der Waals surface area contributed by atoms with Gasteiger partial charge in [-0.05, 0) is 29.2 Å². The minimum atomic E-state index is -1.55. The van der Waals surface area contributed by atoms with Crippen molar-refractivity contribution in [1.29, 1.82) is 0 Å². The van der Waals surface area contributed by atoms with Crippen LogP contribution in [0.1, 0.15) is 17.2 Å². The maximum Gasteiger partial charge on any atom is 0.488 e. The quantitative estimate of drug-likeness (QED) is 0.272. The van der Waals surface area contributed by atoms with Gasteiger partial charge in [0.2, 0.25) is 6.54 Å². The monoisotopic (exact) mass is 376 g/mol. The van der Waals surface area contributed by atoms with E-state index in [0.29, 0.717) is 11.2 Å². The zero-order chi connectivity index (χ0) is 19.7. The Labute approximate surface area is 160 Å². The lowest BCUT2D eigenvalue weighted by Crippen LogP contribution is -2.29. The van der Waals surface area contributed by atoms with E-state index in [4.69, 9.17) is 4.42 Å². The van der Waals surface area contributed by atoms with Crippen LogP contribution in [0.25, 0.3) is 22.2 Å². The van der Waals surface area contributed by atoms with Crippen LogP contribution < -0.4 is 5.46 Å². The summed E-state index contributed by atoms with van der Waals surface area (Å²) in [5.41, 5.74) is 3.53. The zero-order valence-corrected chi connectivity index (χ0v) is 14.8. The first-order valence-corrected chi connectivity index (χ1v) is 8.77. The van der Waals surface area contributed by atoms with Crippen LogP contribution >= 0.6 is 0 Å². The van der Waals surface area contributed by atoms with Crippen molar-refractivity contribution in [2.75, 3.05) is 6.54 Å². The van der Waals surface area contributed by atoms with Crippen LogP contribution in [-0.4, -0.2) is 33.6 Å². The minimum absolute atomic E-state index is 0.310. The summed E-state index contributed by atoms with van der Waals surface area (Å²) in [5.74, 6) is -0.0515. The molecule has 4 rings (SSSR count). The molecular weight excluding hydrogens is 359 g/mol. The number of hydrogen-bond donors (Lipinski definition) is 3. The van der Waals surface area contributed by atoms with Gasteiger partial charge in [-0.1, -0.05) is 42.5 Å². The molecule has 0 saturated carbocycles. The van der Waals surface area contributed by atoms with Crippen LogP contribution in [0.2, 0.25) is 0 Å². The molecule has 0 bridgehead atoms. The Morgan fingerprint density at radius 3 is 2.46 bits per heavy atom. The second-order valence-corrected chi connectivity index (χ2v) is 6.54. The largest absolute Gasteiger partial charge is 0.488 e. The summed E-state index contributed by atoms with van der Waals surface area (Å²) in [6.07, 6.45) is 1.51. The number of benzene rings is 2. The van der Waals surface area contributed by atoms with Gasteiger partial charge in [-0.25, -0.2) is 0 Å². The van der Waals surface area contributed by atoms with Crippen molar-refractivity contribution in [3.63, 3.8) is 0 Å². The van der Waals surface area contributed by atoms with Crippen molar-refractivity contribution in [3.05, 3.63) is 88.4 Å². The number of rotatable bonds is 6. The van der Waals surface area contributed by atoms with Gasteiger partial charge in [0.1, 0.15) is 11.7 Å². The number of nitrogens with zero attached hydrogens (tertiary/aromatic N) is 1. The molecule has 8 heteroatoms. The normalized spacial score (nSPS) is 12.2. The predicted octanol–water partition coefficient (Wildman–Crippen LogP) is 2.52. The fraction of sp³-hybridized carbons (Fsp3) is 0.100. The Morgan fingerprint density at radius 2 is 1.82 bits per heavy atom. The summed E-state index contributed by atoms with van der Waals surface area (Å²) in [5, 5.41) is 30.9. The molecule has 0 saturated heterocycles. The highest BCUT2D eigenvalue weighted by atomic mass is 16.6. The SMILES string of the molecule is O=[N+]([O-])CC(c1ccco1)c1c(-c2ccc(B(O)O)cc2)[nH]c2ccccc12. The third kappa shape index (κ3) is 3.31. The summed E-state index contributed by atoms with van der Waals surface area (Å²) in [6, 6.07) is 17.8. The van der Waals surface area contributed by atoms with E-state index in [1.807, 2.05) is 24.3 Å². The van der Waals surface area contributed by atoms with Crippen molar-refractivity contribution in [2.24, 2.45) is 0 Å². The molecule has 0 aliphatic rings. The van der Waals surface area contributed by atoms with Gasteiger partial charge >= 0.3 is 7.12 Å². The Balaban J connectivity index is 1.93. The van der Waals surface area contributed by atoms with E-state index in [9.17, 15) is 20.2 Å². The van der Waals surface area contributed by atoms with E-state index < -0.39 is 13.0 Å². The number of para-hydroxylation sites is 1. The first-order chi connectivity index (χ1) is 13.5. The highest BCUT2D eigenvalue weighted by molar-refractivity contribution is 6.58. The van der Waals surface area contributed by atoms with E-state index in [2.05, 4.69) is 4.98 Å². The molecule has 0 aliphatic carbocycles. The first kappa shape index (κ1) is 18.0. The molecule has 1 atom stereocenters. The highest BCUT2D eigenvalue weighted by Gasteiger charge is 2.29. The predicted molar refractivity (Wildman–Crippen MR) is 106 cm³/mol. The van der Waals surface area contributed by atoms with Gasteiger partial charge in [0.25, 0.3) is 0 Å². The number of furan rings is 1. The molecule has 1 unspecified atom stereocenters.